The van der Waals surface area contributed by atoms with Crippen LogP contribution in [0.5, 0.6) is 11.5 Å². The lowest BCUT2D eigenvalue weighted by atomic mass is 10.1. The van der Waals surface area contributed by atoms with E-state index in [0.29, 0.717) is 54.2 Å². The summed E-state index contributed by atoms with van der Waals surface area (Å²) in [5.74, 6) is -6.64. The highest BCUT2D eigenvalue weighted by atomic mass is 19.4. The molecule has 0 saturated heterocycles. The number of nitrogens with one attached hydrogen (secondary N) is 1. The number of amides is 1. The second-order valence-corrected chi connectivity index (χ2v) is 7.66. The Hall–Kier alpha value is -3.97. The topological polar surface area (TPSA) is 98.4 Å². The van der Waals surface area contributed by atoms with E-state index in [-0.39, 0.29) is 0 Å². The van der Waals surface area contributed by atoms with E-state index < -0.39 is 70.3 Å². The lowest BCUT2D eigenvalue weighted by molar-refractivity contribution is -0.153. The number of phenolic OH excluding ortho intramolecular Hbond substituents is 1. The van der Waals surface area contributed by atoms with Crippen LogP contribution in [0.25, 0.3) is 5.69 Å². The molecule has 0 aliphatic carbocycles. The average molecular weight is 502 g/mol. The highest BCUT2D eigenvalue weighted by Crippen LogP contribution is 2.30. The first-order valence-corrected chi connectivity index (χ1v) is 10.2. The van der Waals surface area contributed by atoms with Crippen molar-refractivity contribution in [3.63, 3.8) is 0 Å². The molecule has 0 unspecified atom stereocenters. The number of nitrogens with zero attached hydrogens (tertiary/aromatic N) is 3. The fraction of sp³-hybridized carbons (Fsp3) is 0.286. The molecule has 0 spiro atoms. The molecule has 2 heterocycles. The second kappa shape index (κ2) is 9.00. The quantitative estimate of drug-likeness (QED) is 0.410. The van der Waals surface area contributed by atoms with Crippen molar-refractivity contribution in [2.45, 2.75) is 32.0 Å². The van der Waals surface area contributed by atoms with Gasteiger partial charge in [0, 0.05) is 31.2 Å². The van der Waals surface area contributed by atoms with Crippen LogP contribution in [0.2, 0.25) is 0 Å². The summed E-state index contributed by atoms with van der Waals surface area (Å²) in [6, 6.07) is 2.12. The molecule has 0 bridgehead atoms. The normalized spacial score (nSPS) is 13.4. The van der Waals surface area contributed by atoms with Crippen LogP contribution in [0.3, 0.4) is 0 Å². The van der Waals surface area contributed by atoms with Gasteiger partial charge < -0.3 is 15.2 Å². The first kappa shape index (κ1) is 24.2. The van der Waals surface area contributed by atoms with Crippen molar-refractivity contribution in [2.24, 2.45) is 0 Å². The molecule has 186 valence electrons. The van der Waals surface area contributed by atoms with Gasteiger partial charge in [0.15, 0.2) is 18.2 Å². The maximum atomic E-state index is 15.0. The van der Waals surface area contributed by atoms with Gasteiger partial charge in [-0.3, -0.25) is 9.36 Å². The molecule has 1 aromatic heterocycles. The molecule has 3 aromatic rings. The Morgan fingerprint density at radius 3 is 2.40 bits per heavy atom. The van der Waals surface area contributed by atoms with E-state index >= 15 is 0 Å². The number of carbonyl (C=O) groups is 1. The zero-order valence-electron chi connectivity index (χ0n) is 17.6. The summed E-state index contributed by atoms with van der Waals surface area (Å²) in [5.41, 5.74) is -3.17. The number of carbonyl (C=O) groups excluding carboxylic acids is 1. The number of aromatic nitrogens is 3. The number of aryl methyl sites for hydroxylation is 1. The van der Waals surface area contributed by atoms with Crippen molar-refractivity contribution in [2.75, 3.05) is 11.9 Å². The summed E-state index contributed by atoms with van der Waals surface area (Å²) >= 11 is 0. The highest BCUT2D eigenvalue weighted by molar-refractivity contribution is 6.06. The van der Waals surface area contributed by atoms with Crippen LogP contribution in [-0.2, 0) is 13.0 Å². The Morgan fingerprint density at radius 2 is 1.77 bits per heavy atom. The van der Waals surface area contributed by atoms with Crippen molar-refractivity contribution in [1.82, 2.24) is 14.3 Å². The van der Waals surface area contributed by atoms with Gasteiger partial charge >= 0.3 is 11.9 Å². The molecular weight excluding hydrogens is 486 g/mol. The minimum absolute atomic E-state index is 0.331. The van der Waals surface area contributed by atoms with E-state index in [0.717, 1.165) is 6.42 Å². The first-order chi connectivity index (χ1) is 16.4. The third-order valence-corrected chi connectivity index (χ3v) is 5.15. The van der Waals surface area contributed by atoms with Crippen molar-refractivity contribution in [1.29, 1.82) is 0 Å². The smallest absolute Gasteiger partial charge is 0.422 e. The van der Waals surface area contributed by atoms with E-state index in [9.17, 15) is 41.0 Å². The van der Waals surface area contributed by atoms with Gasteiger partial charge in [-0.25, -0.2) is 18.0 Å². The molecule has 1 aliphatic rings. The minimum Gasteiger partial charge on any atom is -0.508 e. The Bertz CT molecular complexity index is 1340. The molecule has 0 saturated carbocycles. The van der Waals surface area contributed by atoms with Gasteiger partial charge in [-0.2, -0.15) is 17.9 Å². The van der Waals surface area contributed by atoms with E-state index in [1.165, 1.54) is 4.57 Å². The molecule has 1 aliphatic heterocycles. The summed E-state index contributed by atoms with van der Waals surface area (Å²) in [4.78, 5) is 25.3. The predicted molar refractivity (Wildman–Crippen MR) is 108 cm³/mol. The molecule has 35 heavy (non-hydrogen) atoms. The lowest BCUT2D eigenvalue weighted by Gasteiger charge is -2.15. The number of anilines is 1. The molecular formula is C21H16F6N4O4. The number of aromatic hydroxyl groups is 1. The number of fused-ring (bicyclic) bond motifs is 1. The van der Waals surface area contributed by atoms with E-state index in [1.807, 2.05) is 0 Å². The number of hydrogen-bond acceptors (Lipinski definition) is 5. The van der Waals surface area contributed by atoms with Crippen LogP contribution in [0.1, 0.15) is 29.0 Å². The number of rotatable bonds is 5. The van der Waals surface area contributed by atoms with Crippen molar-refractivity contribution in [3.05, 3.63) is 63.6 Å². The molecule has 8 nitrogen and oxygen atoms in total. The molecule has 2 N–H and O–H groups in total. The standard InChI is InChI=1S/C21H16F6N4O4/c22-12-7-11(19(33)28-18-13(23)5-10(32)6-14(18)24)16(35-9-21(25,26)27)8-15(12)31-20(34)30-4-2-1-3-17(30)29-31/h5-8,32H,1-4,9H2,(H,28,33). The fourth-order valence-corrected chi connectivity index (χ4v) is 3.58. The monoisotopic (exact) mass is 502 g/mol. The Morgan fingerprint density at radius 1 is 1.09 bits per heavy atom. The van der Waals surface area contributed by atoms with Crippen molar-refractivity contribution >= 4 is 11.6 Å². The molecule has 4 rings (SSSR count). The van der Waals surface area contributed by atoms with Crippen LogP contribution in [0.4, 0.5) is 32.0 Å². The fourth-order valence-electron chi connectivity index (χ4n) is 3.58. The first-order valence-electron chi connectivity index (χ1n) is 10.2. The third kappa shape index (κ3) is 4.95. The minimum atomic E-state index is -4.85. The SMILES string of the molecule is O=C(Nc1c(F)cc(O)cc1F)c1cc(F)c(-n2nc3n(c2=O)CCCC3)cc1OCC(F)(F)F. The number of phenols is 1. The maximum absolute atomic E-state index is 15.0. The zero-order chi connectivity index (χ0) is 25.5. The van der Waals surface area contributed by atoms with E-state index in [4.69, 9.17) is 0 Å². The van der Waals surface area contributed by atoms with Gasteiger partial charge in [-0.15, -0.1) is 5.10 Å². The molecule has 0 atom stereocenters. The van der Waals surface area contributed by atoms with Crippen LogP contribution in [-0.4, -0.2) is 38.1 Å². The maximum Gasteiger partial charge on any atom is 0.422 e. The molecule has 0 radical (unpaired) electrons. The summed E-state index contributed by atoms with van der Waals surface area (Å²) in [6.45, 7) is -1.55. The molecule has 0 fully saturated rings. The number of hydrogen-bond donors (Lipinski definition) is 2. The van der Waals surface area contributed by atoms with Crippen molar-refractivity contribution < 1.29 is 41.0 Å². The molecule has 14 heteroatoms. The number of alkyl halides is 3. The van der Waals surface area contributed by atoms with Crippen LogP contribution < -0.4 is 15.7 Å². The van der Waals surface area contributed by atoms with Crippen LogP contribution in [0, 0.1) is 17.5 Å². The lowest BCUT2D eigenvalue weighted by Crippen LogP contribution is -2.27. The summed E-state index contributed by atoms with van der Waals surface area (Å²) in [5, 5.41) is 15.0. The highest BCUT2D eigenvalue weighted by Gasteiger charge is 2.31. The van der Waals surface area contributed by atoms with Gasteiger partial charge in [0.1, 0.15) is 34.5 Å². The Kier molecular flexibility index (Phi) is 6.21. The molecule has 2 aromatic carbocycles. The predicted octanol–water partition coefficient (Wildman–Crippen LogP) is 3.69. The van der Waals surface area contributed by atoms with Crippen LogP contribution in [0.15, 0.2) is 29.1 Å². The van der Waals surface area contributed by atoms with Crippen LogP contribution >= 0.6 is 0 Å². The molecule has 1 amide bonds. The summed E-state index contributed by atoms with van der Waals surface area (Å²) in [7, 11) is 0. The third-order valence-electron chi connectivity index (χ3n) is 5.15. The number of ether oxygens (including phenoxy) is 1. The number of benzene rings is 2. The van der Waals surface area contributed by atoms with Gasteiger partial charge in [0.25, 0.3) is 5.91 Å². The van der Waals surface area contributed by atoms with Crippen molar-refractivity contribution in [3.8, 4) is 17.2 Å². The van der Waals surface area contributed by atoms with E-state index in [2.05, 4.69) is 9.84 Å². The van der Waals surface area contributed by atoms with Gasteiger partial charge in [-0.05, 0) is 18.9 Å². The van der Waals surface area contributed by atoms with Gasteiger partial charge in [-0.1, -0.05) is 0 Å². The van der Waals surface area contributed by atoms with E-state index in [1.54, 1.807) is 5.32 Å². The second-order valence-electron chi connectivity index (χ2n) is 7.66. The largest absolute Gasteiger partial charge is 0.508 e. The Balaban J connectivity index is 1.77. The summed E-state index contributed by atoms with van der Waals surface area (Å²) < 4.78 is 88.0. The zero-order valence-corrected chi connectivity index (χ0v) is 17.6. The average Bonchev–Trinajstić information content (AvgIpc) is 3.11. The summed E-state index contributed by atoms with van der Waals surface area (Å²) in [6.07, 6.45) is -2.99. The van der Waals surface area contributed by atoms with Gasteiger partial charge in [0.05, 0.1) is 5.56 Å². The number of halogens is 6. The Labute approximate surface area is 192 Å². The van der Waals surface area contributed by atoms with Gasteiger partial charge in [0.2, 0.25) is 0 Å².